The minimum absolute atomic E-state index is 0.220. The molecule has 92 valence electrons. The molecule has 0 saturated carbocycles. The first kappa shape index (κ1) is 11.9. The Morgan fingerprint density at radius 1 is 1.53 bits per heavy atom. The zero-order chi connectivity index (χ0) is 12.1. The number of piperazine rings is 1. The van der Waals surface area contributed by atoms with Gasteiger partial charge in [-0.1, -0.05) is 0 Å². The summed E-state index contributed by atoms with van der Waals surface area (Å²) in [7, 11) is 1.40. The van der Waals surface area contributed by atoms with Crippen molar-refractivity contribution in [1.82, 2.24) is 10.3 Å². The molecule has 2 heterocycles. The van der Waals surface area contributed by atoms with E-state index >= 15 is 0 Å². The summed E-state index contributed by atoms with van der Waals surface area (Å²) >= 11 is 0. The fourth-order valence-corrected chi connectivity index (χ4v) is 1.88. The molecule has 1 aliphatic rings. The van der Waals surface area contributed by atoms with Crippen molar-refractivity contribution in [2.45, 2.75) is 6.42 Å². The highest BCUT2D eigenvalue weighted by atomic mass is 16.5. The highest BCUT2D eigenvalue weighted by molar-refractivity contribution is 5.72. The first-order chi connectivity index (χ1) is 8.29. The summed E-state index contributed by atoms with van der Waals surface area (Å²) in [5.41, 5.74) is 0.945. The van der Waals surface area contributed by atoms with Gasteiger partial charge in [-0.05, 0) is 17.7 Å². The van der Waals surface area contributed by atoms with Crippen LogP contribution in [0.2, 0.25) is 0 Å². The van der Waals surface area contributed by atoms with E-state index in [1.54, 1.807) is 6.20 Å². The summed E-state index contributed by atoms with van der Waals surface area (Å²) in [5, 5.41) is 3.30. The third kappa shape index (κ3) is 3.17. The molecular weight excluding hydrogens is 218 g/mol. The number of nitrogens with zero attached hydrogens (tertiary/aromatic N) is 2. The van der Waals surface area contributed by atoms with E-state index in [1.807, 2.05) is 12.1 Å². The van der Waals surface area contributed by atoms with Crippen molar-refractivity contribution in [3.63, 3.8) is 0 Å². The molecule has 0 bridgehead atoms. The van der Waals surface area contributed by atoms with E-state index in [2.05, 4.69) is 19.9 Å². The molecule has 1 saturated heterocycles. The van der Waals surface area contributed by atoms with Gasteiger partial charge in [-0.15, -0.1) is 0 Å². The third-order valence-electron chi connectivity index (χ3n) is 2.83. The van der Waals surface area contributed by atoms with Crippen molar-refractivity contribution in [2.75, 3.05) is 38.2 Å². The van der Waals surface area contributed by atoms with Crippen LogP contribution in [0.5, 0.6) is 0 Å². The summed E-state index contributed by atoms with van der Waals surface area (Å²) in [6, 6.07) is 3.81. The second-order valence-corrected chi connectivity index (χ2v) is 4.01. The normalized spacial score (nSPS) is 15.7. The smallest absolute Gasteiger partial charge is 0.309 e. The van der Waals surface area contributed by atoms with Crippen LogP contribution in [0, 0.1) is 0 Å². The van der Waals surface area contributed by atoms with Crippen molar-refractivity contribution in [2.24, 2.45) is 0 Å². The van der Waals surface area contributed by atoms with Crippen LogP contribution in [-0.2, 0) is 16.0 Å². The first-order valence-electron chi connectivity index (χ1n) is 5.77. The molecule has 5 nitrogen and oxygen atoms in total. The van der Waals surface area contributed by atoms with Crippen molar-refractivity contribution in [3.05, 3.63) is 23.9 Å². The van der Waals surface area contributed by atoms with E-state index in [-0.39, 0.29) is 5.97 Å². The number of methoxy groups -OCH3 is 1. The molecule has 1 aliphatic heterocycles. The van der Waals surface area contributed by atoms with Crippen LogP contribution in [0.25, 0.3) is 0 Å². The molecule has 0 aliphatic carbocycles. The van der Waals surface area contributed by atoms with Crippen LogP contribution in [0.1, 0.15) is 5.56 Å². The number of esters is 1. The molecule has 17 heavy (non-hydrogen) atoms. The van der Waals surface area contributed by atoms with Crippen molar-refractivity contribution >= 4 is 11.8 Å². The van der Waals surface area contributed by atoms with Crippen LogP contribution in [0.4, 0.5) is 5.82 Å². The van der Waals surface area contributed by atoms with Gasteiger partial charge < -0.3 is 15.0 Å². The number of ether oxygens (including phenoxy) is 1. The number of anilines is 1. The van der Waals surface area contributed by atoms with Gasteiger partial charge in [0.05, 0.1) is 13.5 Å². The van der Waals surface area contributed by atoms with E-state index in [1.165, 1.54) is 7.11 Å². The molecule has 1 aromatic rings. The number of aromatic nitrogens is 1. The summed E-state index contributed by atoms with van der Waals surface area (Å²) in [6.07, 6.45) is 2.05. The minimum Gasteiger partial charge on any atom is -0.469 e. The number of carbonyl (C=O) groups is 1. The fourth-order valence-electron chi connectivity index (χ4n) is 1.88. The van der Waals surface area contributed by atoms with Gasteiger partial charge >= 0.3 is 5.97 Å². The second-order valence-electron chi connectivity index (χ2n) is 4.01. The second kappa shape index (κ2) is 5.63. The highest BCUT2D eigenvalue weighted by Gasteiger charge is 2.12. The summed E-state index contributed by atoms with van der Waals surface area (Å²) in [5.74, 6) is 0.718. The van der Waals surface area contributed by atoms with Crippen molar-refractivity contribution in [1.29, 1.82) is 0 Å². The SMILES string of the molecule is COC(=O)Cc1ccnc(N2CCNCC2)c1. The highest BCUT2D eigenvalue weighted by Crippen LogP contribution is 2.13. The number of hydrogen-bond acceptors (Lipinski definition) is 5. The number of nitrogens with one attached hydrogen (secondary N) is 1. The lowest BCUT2D eigenvalue weighted by Gasteiger charge is -2.28. The van der Waals surface area contributed by atoms with Gasteiger partial charge in [0.1, 0.15) is 5.82 Å². The zero-order valence-corrected chi connectivity index (χ0v) is 9.98. The largest absolute Gasteiger partial charge is 0.469 e. The summed E-state index contributed by atoms with van der Waals surface area (Å²) < 4.78 is 4.66. The van der Waals surface area contributed by atoms with E-state index in [0.29, 0.717) is 6.42 Å². The maximum Gasteiger partial charge on any atom is 0.309 e. The minimum atomic E-state index is -0.220. The monoisotopic (exact) mass is 235 g/mol. The van der Waals surface area contributed by atoms with E-state index < -0.39 is 0 Å². The molecule has 0 atom stereocenters. The standard InChI is InChI=1S/C12H17N3O2/c1-17-12(16)9-10-2-3-14-11(8-10)15-6-4-13-5-7-15/h2-3,8,13H,4-7,9H2,1H3. The average molecular weight is 235 g/mol. The van der Waals surface area contributed by atoms with Gasteiger partial charge in [-0.2, -0.15) is 0 Å². The van der Waals surface area contributed by atoms with Crippen LogP contribution < -0.4 is 10.2 Å². The van der Waals surface area contributed by atoms with Crippen LogP contribution >= 0.6 is 0 Å². The molecule has 1 N–H and O–H groups in total. The predicted molar refractivity (Wildman–Crippen MR) is 65.0 cm³/mol. The van der Waals surface area contributed by atoms with Crippen molar-refractivity contribution in [3.8, 4) is 0 Å². The lowest BCUT2D eigenvalue weighted by molar-refractivity contribution is -0.139. The molecule has 0 unspecified atom stereocenters. The van der Waals surface area contributed by atoms with Gasteiger partial charge in [0.15, 0.2) is 0 Å². The molecule has 0 aromatic carbocycles. The zero-order valence-electron chi connectivity index (χ0n) is 9.98. The van der Waals surface area contributed by atoms with Gasteiger partial charge in [-0.3, -0.25) is 4.79 Å². The number of carbonyl (C=O) groups excluding carboxylic acids is 1. The van der Waals surface area contributed by atoms with Gasteiger partial charge in [0, 0.05) is 32.4 Å². The number of pyridine rings is 1. The Morgan fingerprint density at radius 2 is 2.29 bits per heavy atom. The fraction of sp³-hybridized carbons (Fsp3) is 0.500. The van der Waals surface area contributed by atoms with Crippen LogP contribution in [0.3, 0.4) is 0 Å². The average Bonchev–Trinajstić information content (AvgIpc) is 2.40. The molecule has 0 amide bonds. The van der Waals surface area contributed by atoms with E-state index in [4.69, 9.17) is 0 Å². The summed E-state index contributed by atoms with van der Waals surface area (Å²) in [6.45, 7) is 3.86. The van der Waals surface area contributed by atoms with Crippen LogP contribution in [0.15, 0.2) is 18.3 Å². The quantitative estimate of drug-likeness (QED) is 0.759. The summed E-state index contributed by atoms with van der Waals surface area (Å²) in [4.78, 5) is 17.8. The maximum atomic E-state index is 11.2. The predicted octanol–water partition coefficient (Wildman–Crippen LogP) is 0.207. The Bertz CT molecular complexity index is 389. The maximum absolute atomic E-state index is 11.2. The van der Waals surface area contributed by atoms with Gasteiger partial charge in [-0.25, -0.2) is 4.98 Å². The van der Waals surface area contributed by atoms with Crippen LogP contribution in [-0.4, -0.2) is 44.2 Å². The molecule has 0 spiro atoms. The van der Waals surface area contributed by atoms with Crippen molar-refractivity contribution < 1.29 is 9.53 Å². The lowest BCUT2D eigenvalue weighted by Crippen LogP contribution is -2.43. The van der Waals surface area contributed by atoms with E-state index in [0.717, 1.165) is 37.6 Å². The number of hydrogen-bond donors (Lipinski definition) is 1. The Kier molecular flexibility index (Phi) is 3.93. The third-order valence-corrected chi connectivity index (χ3v) is 2.83. The van der Waals surface area contributed by atoms with Gasteiger partial charge in [0.25, 0.3) is 0 Å². The molecule has 2 rings (SSSR count). The Morgan fingerprint density at radius 3 is 3.00 bits per heavy atom. The molecular formula is C12H17N3O2. The molecule has 5 heteroatoms. The Labute approximate surface area is 101 Å². The first-order valence-corrected chi connectivity index (χ1v) is 5.77. The molecule has 1 aromatic heterocycles. The number of rotatable bonds is 3. The topological polar surface area (TPSA) is 54.5 Å². The molecule has 0 radical (unpaired) electrons. The van der Waals surface area contributed by atoms with E-state index in [9.17, 15) is 4.79 Å². The van der Waals surface area contributed by atoms with Gasteiger partial charge in [0.2, 0.25) is 0 Å². The Hall–Kier alpha value is -1.62. The molecule has 1 fully saturated rings. The Balaban J connectivity index is 2.07. The lowest BCUT2D eigenvalue weighted by atomic mass is 10.2.